The van der Waals surface area contributed by atoms with Gasteiger partial charge in [0.2, 0.25) is 0 Å². The third-order valence-electron chi connectivity index (χ3n) is 2.18. The van der Waals surface area contributed by atoms with E-state index in [1.165, 1.54) is 24.3 Å². The summed E-state index contributed by atoms with van der Waals surface area (Å²) in [6, 6.07) is 5.15. The summed E-state index contributed by atoms with van der Waals surface area (Å²) in [5.74, 6) is -0.207. The summed E-state index contributed by atoms with van der Waals surface area (Å²) in [6.07, 6.45) is 0. The summed E-state index contributed by atoms with van der Waals surface area (Å²) in [4.78, 5) is 14.0. The first-order valence-electron chi connectivity index (χ1n) is 5.02. The highest BCUT2D eigenvalue weighted by Crippen LogP contribution is 2.38. The van der Waals surface area contributed by atoms with Crippen molar-refractivity contribution in [1.82, 2.24) is 4.98 Å². The van der Waals surface area contributed by atoms with Crippen LogP contribution in [0.25, 0.3) is 0 Å². The van der Waals surface area contributed by atoms with Crippen LogP contribution in [0.4, 0.5) is 5.69 Å². The molecule has 0 saturated heterocycles. The molecule has 0 atom stereocenters. The largest absolute Gasteiger partial charge is 0.432 e. The zero-order chi connectivity index (χ0) is 14.9. The first kappa shape index (κ1) is 15.1. The number of halogens is 4. The summed E-state index contributed by atoms with van der Waals surface area (Å²) >= 11 is 23.2. The minimum absolute atomic E-state index is 0.0433. The van der Waals surface area contributed by atoms with Gasteiger partial charge in [0.1, 0.15) is 10.9 Å². The van der Waals surface area contributed by atoms with Crippen molar-refractivity contribution < 1.29 is 9.66 Å². The third-order valence-corrected chi connectivity index (χ3v) is 3.41. The van der Waals surface area contributed by atoms with Crippen LogP contribution in [0.1, 0.15) is 0 Å². The van der Waals surface area contributed by atoms with E-state index in [1.807, 2.05) is 0 Å². The third kappa shape index (κ3) is 3.24. The van der Waals surface area contributed by atoms with Crippen molar-refractivity contribution in [2.75, 3.05) is 0 Å². The molecular formula is C11H4Cl4N2O3. The van der Waals surface area contributed by atoms with Gasteiger partial charge in [0.05, 0.1) is 20.0 Å². The molecule has 9 heteroatoms. The quantitative estimate of drug-likeness (QED) is 0.321. The van der Waals surface area contributed by atoms with Gasteiger partial charge in [0.15, 0.2) is 0 Å². The Morgan fingerprint density at radius 3 is 2.35 bits per heavy atom. The molecule has 1 heterocycles. The highest BCUT2D eigenvalue weighted by molar-refractivity contribution is 6.43. The zero-order valence-corrected chi connectivity index (χ0v) is 12.5. The molecule has 0 aliphatic heterocycles. The number of nitro groups is 1. The molecule has 0 N–H and O–H groups in total. The average Bonchev–Trinajstić information content (AvgIpc) is 2.35. The Bertz CT molecular complexity index is 694. The average molecular weight is 354 g/mol. The number of ether oxygens (including phenoxy) is 1. The second-order valence-corrected chi connectivity index (χ2v) is 5.12. The van der Waals surface area contributed by atoms with Gasteiger partial charge in [-0.3, -0.25) is 10.1 Å². The van der Waals surface area contributed by atoms with Crippen LogP contribution < -0.4 is 4.74 Å². The fraction of sp³-hybridized carbons (Fsp3) is 0. The van der Waals surface area contributed by atoms with Crippen molar-refractivity contribution >= 4 is 52.1 Å². The minimum Gasteiger partial charge on any atom is -0.432 e. The Balaban J connectivity index is 2.47. The van der Waals surface area contributed by atoms with Crippen molar-refractivity contribution in [2.24, 2.45) is 0 Å². The number of hydrogen-bond acceptors (Lipinski definition) is 4. The summed E-state index contributed by atoms with van der Waals surface area (Å²) in [7, 11) is 0. The van der Waals surface area contributed by atoms with E-state index in [-0.39, 0.29) is 37.5 Å². The Hall–Kier alpha value is -1.27. The molecule has 2 rings (SSSR count). The van der Waals surface area contributed by atoms with E-state index in [1.54, 1.807) is 0 Å². The van der Waals surface area contributed by atoms with Crippen LogP contribution >= 0.6 is 46.4 Å². The molecule has 2 aromatic rings. The second-order valence-electron chi connectivity index (χ2n) is 3.51. The number of aromatic nitrogens is 1. The van der Waals surface area contributed by atoms with Crippen LogP contribution in [0, 0.1) is 10.1 Å². The van der Waals surface area contributed by atoms with Crippen LogP contribution in [0.15, 0.2) is 24.3 Å². The van der Waals surface area contributed by atoms with Crippen LogP contribution in [0.2, 0.25) is 20.2 Å². The predicted octanol–water partition coefficient (Wildman–Crippen LogP) is 5.40. The van der Waals surface area contributed by atoms with Gasteiger partial charge in [-0.05, 0) is 12.1 Å². The fourth-order valence-electron chi connectivity index (χ4n) is 1.31. The van der Waals surface area contributed by atoms with E-state index in [0.29, 0.717) is 0 Å². The maximum Gasteiger partial charge on any atom is 0.331 e. The normalized spacial score (nSPS) is 10.4. The van der Waals surface area contributed by atoms with E-state index < -0.39 is 4.92 Å². The molecule has 0 fully saturated rings. The standard InChI is InChI=1S/C11H4Cl4N2O3/c12-5-3-7(14)9(4-6(5)13)20-11-8(17(18)19)1-2-10(15)16-11/h1-4H. The van der Waals surface area contributed by atoms with Crippen LogP contribution in [0.3, 0.4) is 0 Å². The lowest BCUT2D eigenvalue weighted by Gasteiger charge is -2.08. The van der Waals surface area contributed by atoms with Crippen molar-refractivity contribution in [3.05, 3.63) is 54.6 Å². The first-order valence-corrected chi connectivity index (χ1v) is 6.53. The number of hydrogen-bond donors (Lipinski definition) is 0. The van der Waals surface area contributed by atoms with Crippen LogP contribution in [0.5, 0.6) is 11.6 Å². The number of rotatable bonds is 3. The lowest BCUT2D eigenvalue weighted by atomic mass is 10.3. The summed E-state index contributed by atoms with van der Waals surface area (Å²) in [5.41, 5.74) is -0.350. The summed E-state index contributed by atoms with van der Waals surface area (Å²) in [5, 5.41) is 11.5. The van der Waals surface area contributed by atoms with Crippen molar-refractivity contribution in [2.45, 2.75) is 0 Å². The highest BCUT2D eigenvalue weighted by atomic mass is 35.5. The van der Waals surface area contributed by atoms with Gasteiger partial charge in [-0.25, -0.2) is 0 Å². The molecule has 0 saturated carbocycles. The van der Waals surface area contributed by atoms with Crippen LogP contribution in [-0.4, -0.2) is 9.91 Å². The number of pyridine rings is 1. The topological polar surface area (TPSA) is 65.3 Å². The Morgan fingerprint density at radius 2 is 1.70 bits per heavy atom. The molecule has 1 aromatic heterocycles. The predicted molar refractivity (Wildman–Crippen MR) is 77.4 cm³/mol. The molecule has 0 unspecified atom stereocenters. The van der Waals surface area contributed by atoms with Gasteiger partial charge in [-0.2, -0.15) is 4.98 Å². The van der Waals surface area contributed by atoms with Crippen molar-refractivity contribution in [1.29, 1.82) is 0 Å². The Kier molecular flexibility index (Phi) is 4.55. The molecule has 0 aliphatic carbocycles. The zero-order valence-electron chi connectivity index (χ0n) is 9.44. The monoisotopic (exact) mass is 352 g/mol. The fourth-order valence-corrected chi connectivity index (χ4v) is 2.03. The van der Waals surface area contributed by atoms with E-state index in [2.05, 4.69) is 4.98 Å². The molecule has 1 aromatic carbocycles. The van der Waals surface area contributed by atoms with Gasteiger partial charge in [-0.1, -0.05) is 46.4 Å². The number of nitrogens with zero attached hydrogens (tertiary/aromatic N) is 2. The molecule has 0 bridgehead atoms. The van der Waals surface area contributed by atoms with Gasteiger partial charge in [-0.15, -0.1) is 0 Å². The van der Waals surface area contributed by atoms with Crippen molar-refractivity contribution in [3.63, 3.8) is 0 Å². The Morgan fingerprint density at radius 1 is 1.05 bits per heavy atom. The SMILES string of the molecule is O=[N+]([O-])c1ccc(Cl)nc1Oc1cc(Cl)c(Cl)cc1Cl. The second kappa shape index (κ2) is 6.01. The minimum atomic E-state index is -0.649. The van der Waals surface area contributed by atoms with E-state index in [4.69, 9.17) is 51.1 Å². The summed E-state index contributed by atoms with van der Waals surface area (Å²) in [6.45, 7) is 0. The maximum atomic E-state index is 10.9. The molecule has 20 heavy (non-hydrogen) atoms. The molecule has 0 amide bonds. The smallest absolute Gasteiger partial charge is 0.331 e. The van der Waals surface area contributed by atoms with E-state index in [0.717, 1.165) is 0 Å². The van der Waals surface area contributed by atoms with E-state index >= 15 is 0 Å². The first-order chi connectivity index (χ1) is 9.38. The lowest BCUT2D eigenvalue weighted by molar-refractivity contribution is -0.386. The van der Waals surface area contributed by atoms with Gasteiger partial charge in [0, 0.05) is 12.1 Å². The molecule has 0 spiro atoms. The van der Waals surface area contributed by atoms with Gasteiger partial charge in [0.25, 0.3) is 0 Å². The van der Waals surface area contributed by atoms with Gasteiger partial charge >= 0.3 is 11.6 Å². The molecule has 5 nitrogen and oxygen atoms in total. The number of benzene rings is 1. The summed E-state index contributed by atoms with van der Waals surface area (Å²) < 4.78 is 5.31. The van der Waals surface area contributed by atoms with Crippen LogP contribution in [-0.2, 0) is 0 Å². The lowest BCUT2D eigenvalue weighted by Crippen LogP contribution is -1.96. The van der Waals surface area contributed by atoms with Gasteiger partial charge < -0.3 is 4.74 Å². The molecule has 104 valence electrons. The van der Waals surface area contributed by atoms with Crippen molar-refractivity contribution in [3.8, 4) is 11.6 Å². The Labute approximate surface area is 133 Å². The highest BCUT2D eigenvalue weighted by Gasteiger charge is 2.19. The molecular weight excluding hydrogens is 350 g/mol. The molecule has 0 aliphatic rings. The maximum absolute atomic E-state index is 10.9. The molecule has 0 radical (unpaired) electrons. The van der Waals surface area contributed by atoms with E-state index in [9.17, 15) is 10.1 Å².